The van der Waals surface area contributed by atoms with Gasteiger partial charge in [-0.05, 0) is 21.0 Å². The lowest BCUT2D eigenvalue weighted by molar-refractivity contribution is 0.313. The molecule has 0 aromatic rings. The van der Waals surface area contributed by atoms with Gasteiger partial charge in [0.25, 0.3) is 0 Å². The van der Waals surface area contributed by atoms with Crippen LogP contribution in [0.4, 0.5) is 0 Å². The molecule has 0 aromatic heterocycles. The minimum absolute atomic E-state index is 0.555. The van der Waals surface area contributed by atoms with Crippen molar-refractivity contribution in [3.05, 3.63) is 0 Å². The van der Waals surface area contributed by atoms with Gasteiger partial charge in [0.1, 0.15) is 0 Å². The number of hydrogen-bond acceptors (Lipinski definition) is 4. The molecule has 1 rings (SSSR count). The molecule has 1 heterocycles. The molecule has 2 atom stereocenters. The molecule has 13 heavy (non-hydrogen) atoms. The van der Waals surface area contributed by atoms with E-state index in [1.807, 2.05) is 11.8 Å². The van der Waals surface area contributed by atoms with Gasteiger partial charge in [0, 0.05) is 17.8 Å². The van der Waals surface area contributed by atoms with Crippen LogP contribution in [0.3, 0.4) is 0 Å². The smallest absolute Gasteiger partial charge is 0.156 e. The van der Waals surface area contributed by atoms with Gasteiger partial charge < -0.3 is 10.2 Å². The number of hydrogen-bond donors (Lipinski definition) is 1. The van der Waals surface area contributed by atoms with E-state index in [4.69, 9.17) is 0 Å². The summed E-state index contributed by atoms with van der Waals surface area (Å²) in [6.45, 7) is 6.35. The van der Waals surface area contributed by atoms with Crippen LogP contribution < -0.4 is 5.32 Å². The van der Waals surface area contributed by atoms with Gasteiger partial charge in [0.2, 0.25) is 0 Å². The van der Waals surface area contributed by atoms with Crippen LogP contribution in [0.25, 0.3) is 0 Å². The highest BCUT2D eigenvalue weighted by atomic mass is 32.2. The molecule has 0 spiro atoms. The van der Waals surface area contributed by atoms with E-state index in [9.17, 15) is 0 Å². The minimum atomic E-state index is 0.555. The van der Waals surface area contributed by atoms with Gasteiger partial charge in [-0.15, -0.1) is 0 Å². The predicted octanol–water partition coefficient (Wildman–Crippen LogP) is 1.02. The van der Waals surface area contributed by atoms with Crippen molar-refractivity contribution in [1.29, 1.82) is 0 Å². The summed E-state index contributed by atoms with van der Waals surface area (Å²) in [6, 6.07) is 0.555. The van der Waals surface area contributed by atoms with Crippen LogP contribution >= 0.6 is 11.8 Å². The van der Waals surface area contributed by atoms with Crippen molar-refractivity contribution in [2.24, 2.45) is 4.99 Å². The van der Waals surface area contributed by atoms with Gasteiger partial charge in [0.15, 0.2) is 5.17 Å². The molecule has 0 radical (unpaired) electrons. The highest BCUT2D eigenvalue weighted by molar-refractivity contribution is 8.14. The summed E-state index contributed by atoms with van der Waals surface area (Å²) in [6.07, 6.45) is 0. The predicted molar refractivity (Wildman–Crippen MR) is 60.5 cm³/mol. The van der Waals surface area contributed by atoms with Gasteiger partial charge in [-0.25, -0.2) is 0 Å². The second-order valence-electron chi connectivity index (χ2n) is 3.77. The van der Waals surface area contributed by atoms with Gasteiger partial charge in [-0.1, -0.05) is 18.7 Å². The summed E-state index contributed by atoms with van der Waals surface area (Å²) in [5, 5.41) is 5.13. The third kappa shape index (κ3) is 3.56. The molecule has 1 aliphatic rings. The Kier molecular flexibility index (Phi) is 4.06. The van der Waals surface area contributed by atoms with E-state index in [2.05, 4.69) is 43.2 Å². The largest absolute Gasteiger partial charge is 0.363 e. The number of amidine groups is 1. The summed E-state index contributed by atoms with van der Waals surface area (Å²) in [5.41, 5.74) is 0. The lowest BCUT2D eigenvalue weighted by Crippen LogP contribution is -2.37. The first-order chi connectivity index (χ1) is 6.09. The van der Waals surface area contributed by atoms with Crippen molar-refractivity contribution in [3.8, 4) is 0 Å². The first kappa shape index (κ1) is 10.9. The summed E-state index contributed by atoms with van der Waals surface area (Å²) >= 11 is 1.84. The summed E-state index contributed by atoms with van der Waals surface area (Å²) in [7, 11) is 4.19. The van der Waals surface area contributed by atoms with E-state index in [0.29, 0.717) is 11.3 Å². The van der Waals surface area contributed by atoms with Crippen molar-refractivity contribution < 1.29 is 0 Å². The van der Waals surface area contributed by atoms with Crippen molar-refractivity contribution in [3.63, 3.8) is 0 Å². The van der Waals surface area contributed by atoms with Crippen LogP contribution in [0.1, 0.15) is 13.8 Å². The first-order valence-electron chi connectivity index (χ1n) is 4.71. The molecule has 0 aromatic carbocycles. The van der Waals surface area contributed by atoms with Crippen LogP contribution in [0, 0.1) is 0 Å². The molecule has 4 heteroatoms. The standard InChI is InChI=1S/C9H19N3S/c1-7(12(3)4)5-10-9-11-6-8(2)13-9/h7-8H,5-6H2,1-4H3,(H,10,11). The number of likely N-dealkylation sites (N-methyl/N-ethyl adjacent to an activating group) is 1. The molecule has 2 unspecified atom stereocenters. The SMILES string of the molecule is CC1CN=C(NCC(C)N(C)C)S1. The maximum Gasteiger partial charge on any atom is 0.156 e. The Bertz CT molecular complexity index is 191. The molecule has 3 nitrogen and oxygen atoms in total. The average molecular weight is 201 g/mol. The van der Waals surface area contributed by atoms with Gasteiger partial charge in [-0.3, -0.25) is 4.99 Å². The lowest BCUT2D eigenvalue weighted by Gasteiger charge is -2.20. The second-order valence-corrected chi connectivity index (χ2v) is 5.19. The van der Waals surface area contributed by atoms with Crippen LogP contribution in [-0.2, 0) is 0 Å². The topological polar surface area (TPSA) is 27.6 Å². The Morgan fingerprint density at radius 3 is 2.85 bits per heavy atom. The summed E-state index contributed by atoms with van der Waals surface area (Å²) in [4.78, 5) is 6.60. The molecule has 0 saturated heterocycles. The van der Waals surface area contributed by atoms with Crippen molar-refractivity contribution in [2.75, 3.05) is 27.2 Å². The normalized spacial score (nSPS) is 24.7. The minimum Gasteiger partial charge on any atom is -0.363 e. The number of nitrogens with zero attached hydrogens (tertiary/aromatic N) is 2. The highest BCUT2D eigenvalue weighted by Gasteiger charge is 2.15. The van der Waals surface area contributed by atoms with E-state index >= 15 is 0 Å². The summed E-state index contributed by atoms with van der Waals surface area (Å²) in [5.74, 6) is 0. The molecule has 0 saturated carbocycles. The number of rotatable bonds is 3. The van der Waals surface area contributed by atoms with Gasteiger partial charge in [-0.2, -0.15) is 0 Å². The van der Waals surface area contributed by atoms with Crippen LogP contribution in [-0.4, -0.2) is 48.5 Å². The van der Waals surface area contributed by atoms with Crippen LogP contribution in [0.15, 0.2) is 4.99 Å². The Hall–Kier alpha value is -0.220. The molecule has 0 amide bonds. The van der Waals surface area contributed by atoms with E-state index in [-0.39, 0.29) is 0 Å². The third-order valence-corrected chi connectivity index (χ3v) is 3.28. The molecule has 76 valence electrons. The van der Waals surface area contributed by atoms with E-state index in [0.717, 1.165) is 18.3 Å². The Morgan fingerprint density at radius 2 is 2.38 bits per heavy atom. The van der Waals surface area contributed by atoms with E-state index in [1.165, 1.54) is 0 Å². The van der Waals surface area contributed by atoms with Gasteiger partial charge >= 0.3 is 0 Å². The monoisotopic (exact) mass is 201 g/mol. The molecule has 1 N–H and O–H groups in total. The number of thioether (sulfide) groups is 1. The van der Waals surface area contributed by atoms with Crippen molar-refractivity contribution in [1.82, 2.24) is 10.2 Å². The van der Waals surface area contributed by atoms with Crippen LogP contribution in [0.2, 0.25) is 0 Å². The first-order valence-corrected chi connectivity index (χ1v) is 5.59. The molecular weight excluding hydrogens is 182 g/mol. The van der Waals surface area contributed by atoms with E-state index in [1.54, 1.807) is 0 Å². The zero-order chi connectivity index (χ0) is 9.84. The van der Waals surface area contributed by atoms with Crippen LogP contribution in [0.5, 0.6) is 0 Å². The number of nitrogens with one attached hydrogen (secondary N) is 1. The second kappa shape index (κ2) is 4.86. The number of aliphatic imine (C=N–C) groups is 1. The fraction of sp³-hybridized carbons (Fsp3) is 0.889. The summed E-state index contributed by atoms with van der Waals surface area (Å²) < 4.78 is 0. The molecule has 0 aliphatic carbocycles. The lowest BCUT2D eigenvalue weighted by atomic mass is 10.3. The quantitative estimate of drug-likeness (QED) is 0.739. The van der Waals surface area contributed by atoms with Crippen molar-refractivity contribution >= 4 is 16.9 Å². The van der Waals surface area contributed by atoms with Crippen molar-refractivity contribution in [2.45, 2.75) is 25.1 Å². The average Bonchev–Trinajstić information content (AvgIpc) is 2.47. The molecule has 1 aliphatic heterocycles. The van der Waals surface area contributed by atoms with Gasteiger partial charge in [0.05, 0.1) is 6.54 Å². The molecule has 0 fully saturated rings. The third-order valence-electron chi connectivity index (χ3n) is 2.24. The fourth-order valence-electron chi connectivity index (χ4n) is 0.992. The Balaban J connectivity index is 2.20. The zero-order valence-corrected chi connectivity index (χ0v) is 9.69. The molecule has 0 bridgehead atoms. The maximum atomic E-state index is 4.40. The highest BCUT2D eigenvalue weighted by Crippen LogP contribution is 2.18. The zero-order valence-electron chi connectivity index (χ0n) is 8.87. The Morgan fingerprint density at radius 1 is 1.69 bits per heavy atom. The maximum absolute atomic E-state index is 4.40. The van der Waals surface area contributed by atoms with E-state index < -0.39 is 0 Å². The molecular formula is C9H19N3S. The fourth-order valence-corrected chi connectivity index (χ4v) is 1.84. The Labute approximate surface area is 85.0 Å².